The number of hydrogen-bond acceptors (Lipinski definition) is 9. The zero-order valence-corrected chi connectivity index (χ0v) is 22.4. The Bertz CT molecular complexity index is 1370. The lowest BCUT2D eigenvalue weighted by Crippen LogP contribution is -2.31. The van der Waals surface area contributed by atoms with E-state index >= 15 is 0 Å². The molecule has 2 aromatic heterocycles. The Morgan fingerprint density at radius 2 is 1.84 bits per heavy atom. The Kier molecular flexibility index (Phi) is 7.37. The molecule has 0 radical (unpaired) electrons. The molecule has 1 aliphatic rings. The first kappa shape index (κ1) is 26.0. The van der Waals surface area contributed by atoms with Crippen LogP contribution in [0.15, 0.2) is 36.6 Å². The molecule has 1 aromatic carbocycles. The Balaban J connectivity index is 1.64. The van der Waals surface area contributed by atoms with Crippen LogP contribution >= 0.6 is 0 Å². The van der Waals surface area contributed by atoms with Gasteiger partial charge in [-0.15, -0.1) is 0 Å². The predicted octanol–water partition coefficient (Wildman–Crippen LogP) is 4.24. The monoisotopic (exact) mass is 501 g/mol. The van der Waals surface area contributed by atoms with Crippen molar-refractivity contribution in [2.75, 3.05) is 30.4 Å². The van der Waals surface area contributed by atoms with Crippen LogP contribution < -0.4 is 20.9 Å². The van der Waals surface area contributed by atoms with Crippen molar-refractivity contribution in [2.45, 2.75) is 47.5 Å². The van der Waals surface area contributed by atoms with E-state index in [0.717, 1.165) is 42.7 Å². The molecule has 1 saturated heterocycles. The highest BCUT2D eigenvalue weighted by Crippen LogP contribution is 2.28. The van der Waals surface area contributed by atoms with Crippen LogP contribution in [-0.4, -0.2) is 51.7 Å². The third kappa shape index (κ3) is 5.84. The average molecular weight is 502 g/mol. The first-order valence-corrected chi connectivity index (χ1v) is 12.5. The largest absolute Gasteiger partial charge is 0.375 e. The fourth-order valence-electron chi connectivity index (χ4n) is 3.98. The van der Waals surface area contributed by atoms with E-state index in [0.29, 0.717) is 39.9 Å². The number of rotatable bonds is 7. The van der Waals surface area contributed by atoms with Crippen molar-refractivity contribution < 1.29 is 4.79 Å². The van der Waals surface area contributed by atoms with Gasteiger partial charge in [-0.1, -0.05) is 20.8 Å². The molecule has 0 atom stereocenters. The Hall–Kier alpha value is -4.08. The molecule has 4 rings (SSSR count). The second-order valence-corrected chi connectivity index (χ2v) is 10.3. The second kappa shape index (κ2) is 10.5. The van der Waals surface area contributed by atoms with Crippen molar-refractivity contribution in [1.82, 2.24) is 30.6 Å². The number of nitrogens with one attached hydrogen (secondary N) is 4. The zero-order chi connectivity index (χ0) is 26.7. The van der Waals surface area contributed by atoms with Gasteiger partial charge >= 0.3 is 0 Å². The summed E-state index contributed by atoms with van der Waals surface area (Å²) in [6.45, 7) is 11.7. The van der Waals surface area contributed by atoms with E-state index in [-0.39, 0.29) is 11.3 Å². The molecule has 0 spiro atoms. The van der Waals surface area contributed by atoms with Gasteiger partial charge < -0.3 is 26.3 Å². The van der Waals surface area contributed by atoms with E-state index < -0.39 is 0 Å². The highest BCUT2D eigenvalue weighted by Gasteiger charge is 2.19. The van der Waals surface area contributed by atoms with Crippen molar-refractivity contribution in [2.24, 2.45) is 5.41 Å². The van der Waals surface area contributed by atoms with Crippen LogP contribution in [0.3, 0.4) is 0 Å². The summed E-state index contributed by atoms with van der Waals surface area (Å²) >= 11 is 0. The smallest absolute Gasteiger partial charge is 0.256 e. The van der Waals surface area contributed by atoms with Crippen molar-refractivity contribution in [3.63, 3.8) is 0 Å². The van der Waals surface area contributed by atoms with Crippen LogP contribution in [0, 0.1) is 24.7 Å². The van der Waals surface area contributed by atoms with Gasteiger partial charge in [-0.2, -0.15) is 0 Å². The molecule has 10 heteroatoms. The maximum Gasteiger partial charge on any atom is 0.256 e. The molecule has 0 aliphatic carbocycles. The van der Waals surface area contributed by atoms with Crippen molar-refractivity contribution in [3.05, 3.63) is 53.2 Å². The van der Waals surface area contributed by atoms with Gasteiger partial charge in [0.25, 0.3) is 5.91 Å². The van der Waals surface area contributed by atoms with Gasteiger partial charge in [-0.3, -0.25) is 4.79 Å². The van der Waals surface area contributed by atoms with Gasteiger partial charge in [-0.05, 0) is 56.0 Å². The van der Waals surface area contributed by atoms with E-state index in [1.807, 2.05) is 40.7 Å². The molecular formula is C27H35N9O. The maximum atomic E-state index is 13.2. The Morgan fingerprint density at radius 1 is 1.11 bits per heavy atom. The van der Waals surface area contributed by atoms with Crippen LogP contribution in [0.5, 0.6) is 0 Å². The predicted molar refractivity (Wildman–Crippen MR) is 148 cm³/mol. The van der Waals surface area contributed by atoms with Crippen LogP contribution in [0.4, 0.5) is 17.5 Å². The lowest BCUT2D eigenvalue weighted by molar-refractivity contribution is 0.0963. The molecule has 1 aliphatic heterocycles. The SMILES string of the molecule is CN/C(=C\C(=N)C(C)(C)C)NC(=O)c1cc(C)c(C)c(Nc2ncnc3cnc(N4CCCC4)nc23)c1. The van der Waals surface area contributed by atoms with Crippen molar-refractivity contribution >= 4 is 40.1 Å². The Morgan fingerprint density at radius 3 is 2.51 bits per heavy atom. The quantitative estimate of drug-likeness (QED) is 0.354. The summed E-state index contributed by atoms with van der Waals surface area (Å²) in [5, 5.41) is 17.5. The highest BCUT2D eigenvalue weighted by atomic mass is 16.1. The van der Waals surface area contributed by atoms with Gasteiger partial charge in [-0.25, -0.2) is 19.9 Å². The molecule has 0 saturated carbocycles. The van der Waals surface area contributed by atoms with Gasteiger partial charge in [0, 0.05) is 42.5 Å². The van der Waals surface area contributed by atoms with Gasteiger partial charge in [0.2, 0.25) is 5.95 Å². The second-order valence-electron chi connectivity index (χ2n) is 10.3. The summed E-state index contributed by atoms with van der Waals surface area (Å²) in [6.07, 6.45) is 7.12. The van der Waals surface area contributed by atoms with Gasteiger partial charge in [0.15, 0.2) is 5.82 Å². The van der Waals surface area contributed by atoms with E-state index in [1.54, 1.807) is 25.4 Å². The summed E-state index contributed by atoms with van der Waals surface area (Å²) in [5.41, 5.74) is 4.55. The summed E-state index contributed by atoms with van der Waals surface area (Å²) in [6, 6.07) is 3.65. The number of fused-ring (bicyclic) bond motifs is 1. The molecule has 3 aromatic rings. The van der Waals surface area contributed by atoms with Gasteiger partial charge in [0.05, 0.1) is 6.20 Å². The van der Waals surface area contributed by atoms with Gasteiger partial charge in [0.1, 0.15) is 23.2 Å². The number of amides is 1. The number of carbonyl (C=O) groups excluding carboxylic acids is 1. The minimum atomic E-state index is -0.330. The normalized spacial score (nSPS) is 14.1. The van der Waals surface area contributed by atoms with E-state index in [4.69, 9.17) is 10.4 Å². The molecule has 3 heterocycles. The number of carbonyl (C=O) groups is 1. The lowest BCUT2D eigenvalue weighted by Gasteiger charge is -2.19. The fourth-order valence-corrected chi connectivity index (χ4v) is 3.98. The topological polar surface area (TPSA) is 132 Å². The minimum Gasteiger partial charge on any atom is -0.375 e. The molecule has 4 N–H and O–H groups in total. The summed E-state index contributed by atoms with van der Waals surface area (Å²) in [5.74, 6) is 1.42. The Labute approximate surface area is 217 Å². The minimum absolute atomic E-state index is 0.278. The number of hydrogen-bond donors (Lipinski definition) is 4. The first-order chi connectivity index (χ1) is 17.6. The summed E-state index contributed by atoms with van der Waals surface area (Å²) in [7, 11) is 1.72. The highest BCUT2D eigenvalue weighted by molar-refractivity contribution is 6.00. The number of aryl methyl sites for hydroxylation is 1. The average Bonchev–Trinajstić information content (AvgIpc) is 3.40. The van der Waals surface area contributed by atoms with Crippen LogP contribution in [0.1, 0.15) is 55.1 Å². The van der Waals surface area contributed by atoms with Crippen LogP contribution in [-0.2, 0) is 0 Å². The molecule has 10 nitrogen and oxygen atoms in total. The maximum absolute atomic E-state index is 13.2. The first-order valence-electron chi connectivity index (χ1n) is 12.5. The molecule has 0 bridgehead atoms. The molecule has 194 valence electrons. The molecular weight excluding hydrogens is 466 g/mol. The lowest BCUT2D eigenvalue weighted by atomic mass is 9.90. The third-order valence-corrected chi connectivity index (χ3v) is 6.55. The molecule has 0 unspecified atom stereocenters. The standard InChI is InChI=1S/C27H35N9O/c1-16-11-18(25(37)34-22(29-6)13-21(28)27(3,4)5)12-19(17(16)2)33-24-23-20(31-15-32-24)14-30-26(35-23)36-9-7-8-10-36/h11-15,28-29H,7-10H2,1-6H3,(H,34,37)(H,31,32,33)/b22-13+,28-21?. The molecule has 37 heavy (non-hydrogen) atoms. The van der Waals surface area contributed by atoms with Crippen molar-refractivity contribution in [3.8, 4) is 0 Å². The summed E-state index contributed by atoms with van der Waals surface area (Å²) < 4.78 is 0. The van der Waals surface area contributed by atoms with E-state index in [2.05, 4.69) is 35.8 Å². The number of anilines is 3. The van der Waals surface area contributed by atoms with Crippen molar-refractivity contribution in [1.29, 1.82) is 5.41 Å². The number of allylic oxidation sites excluding steroid dienone is 1. The number of aromatic nitrogens is 4. The number of benzene rings is 1. The van der Waals surface area contributed by atoms with Crippen LogP contribution in [0.2, 0.25) is 0 Å². The fraction of sp³-hybridized carbons (Fsp3) is 0.407. The van der Waals surface area contributed by atoms with Crippen LogP contribution in [0.25, 0.3) is 11.0 Å². The summed E-state index contributed by atoms with van der Waals surface area (Å²) in [4.78, 5) is 33.4. The van der Waals surface area contributed by atoms with E-state index in [9.17, 15) is 4.79 Å². The van der Waals surface area contributed by atoms with E-state index in [1.165, 1.54) is 6.33 Å². The third-order valence-electron chi connectivity index (χ3n) is 6.55. The zero-order valence-electron chi connectivity index (χ0n) is 22.4. The number of nitrogens with zero attached hydrogens (tertiary/aromatic N) is 5. The molecule has 1 fully saturated rings. The molecule has 1 amide bonds.